The van der Waals surface area contributed by atoms with Crippen LogP contribution in [0.15, 0.2) is 115 Å². The molecule has 1 aliphatic heterocycles. The van der Waals surface area contributed by atoms with E-state index < -0.39 is 22.0 Å². The second-order valence-electron chi connectivity index (χ2n) is 17.6. The summed E-state index contributed by atoms with van der Waals surface area (Å²) in [4.78, 5) is 17.2. The van der Waals surface area contributed by atoms with Gasteiger partial charge in [-0.15, -0.1) is 0 Å². The zero-order chi connectivity index (χ0) is 35.3. The Morgan fingerprint density at radius 1 is 0.784 bits per heavy atom. The Balaban J connectivity index is 1.11. The average Bonchev–Trinajstić information content (AvgIpc) is 3.73. The molecule has 3 saturated carbocycles. The standard InChI is InChI=1S/C46H53NO4/c1-41-23-20-35(48)29-43(41)26-27-45(36(30-43)40(49)32-13-6-3-7-14-32)37(41)21-24-42(2)38(45)22-25-44(42,50)31-47-28-12-19-39(47)46(51,33-15-8-4-9-16-33)34-17-10-5-11-18-34/h3-11,13-18,26-27,30,35,37-39,48,50-51H,12,19-25,28-29,31H2,1-2H3/t35?,37-,38-,39-,41-,42+,43+,44-,45-/m1/s1. The summed E-state index contributed by atoms with van der Waals surface area (Å²) in [7, 11) is 0. The maximum atomic E-state index is 14.8. The average molecular weight is 684 g/mol. The first kappa shape index (κ1) is 33.5. The maximum absolute atomic E-state index is 14.8. The number of hydrogen-bond acceptors (Lipinski definition) is 5. The Bertz CT molecular complexity index is 1830. The van der Waals surface area contributed by atoms with Crippen LogP contribution in [0, 0.1) is 33.5 Å². The fourth-order valence-electron chi connectivity index (χ4n) is 13.1. The van der Waals surface area contributed by atoms with Crippen LogP contribution in [0.4, 0.5) is 0 Å². The number of ketones is 1. The fourth-order valence-corrected chi connectivity index (χ4v) is 13.1. The molecule has 0 aromatic heterocycles. The van der Waals surface area contributed by atoms with Gasteiger partial charge in [0.05, 0.1) is 11.7 Å². The lowest BCUT2D eigenvalue weighted by atomic mass is 9.32. The van der Waals surface area contributed by atoms with E-state index in [1.165, 1.54) is 0 Å². The molecule has 3 N–H and O–H groups in total. The maximum Gasteiger partial charge on any atom is 0.189 e. The number of carbonyl (C=O) groups is 1. The second-order valence-corrected chi connectivity index (χ2v) is 17.6. The second kappa shape index (κ2) is 11.6. The highest BCUT2D eigenvalue weighted by molar-refractivity contribution is 6.10. The summed E-state index contributed by atoms with van der Waals surface area (Å²) in [6.45, 7) is 6.08. The van der Waals surface area contributed by atoms with Gasteiger partial charge in [-0.1, -0.05) is 123 Å². The molecule has 5 nitrogen and oxygen atoms in total. The number of aliphatic hydroxyl groups excluding tert-OH is 1. The smallest absolute Gasteiger partial charge is 0.189 e. The molecule has 9 atom stereocenters. The van der Waals surface area contributed by atoms with E-state index in [9.17, 15) is 20.1 Å². The molecule has 51 heavy (non-hydrogen) atoms. The molecule has 1 saturated heterocycles. The topological polar surface area (TPSA) is 81.0 Å². The Morgan fingerprint density at radius 2 is 1.37 bits per heavy atom. The fraction of sp³-hybridized carbons (Fsp3) is 0.500. The van der Waals surface area contributed by atoms with E-state index in [0.717, 1.165) is 68.2 Å². The minimum atomic E-state index is -1.22. The number of allylic oxidation sites excluding steroid dienone is 4. The van der Waals surface area contributed by atoms with Crippen molar-refractivity contribution in [1.29, 1.82) is 0 Å². The van der Waals surface area contributed by atoms with Gasteiger partial charge in [0, 0.05) is 40.0 Å². The van der Waals surface area contributed by atoms with Gasteiger partial charge in [-0.2, -0.15) is 0 Å². The summed E-state index contributed by atoms with van der Waals surface area (Å²) in [6, 6.07) is 29.7. The van der Waals surface area contributed by atoms with Gasteiger partial charge in [0.2, 0.25) is 0 Å². The normalized spacial score (nSPS) is 40.0. The quantitative estimate of drug-likeness (QED) is 0.175. The van der Waals surface area contributed by atoms with Crippen LogP contribution in [0.2, 0.25) is 0 Å². The number of fused-ring (bicyclic) bond motifs is 1. The number of aliphatic hydroxyl groups is 3. The third kappa shape index (κ3) is 4.44. The van der Waals surface area contributed by atoms with E-state index in [1.54, 1.807) is 0 Å². The molecule has 3 aromatic carbocycles. The molecule has 7 aliphatic rings. The summed E-state index contributed by atoms with van der Waals surface area (Å²) in [6.07, 6.45) is 14.3. The summed E-state index contributed by atoms with van der Waals surface area (Å²) < 4.78 is 0. The number of likely N-dealkylation sites (tertiary alicyclic amines) is 1. The molecule has 6 aliphatic carbocycles. The first-order valence-corrected chi connectivity index (χ1v) is 19.5. The Kier molecular flexibility index (Phi) is 7.60. The van der Waals surface area contributed by atoms with Gasteiger partial charge in [0.25, 0.3) is 0 Å². The summed E-state index contributed by atoms with van der Waals surface area (Å²) >= 11 is 0. The largest absolute Gasteiger partial charge is 0.393 e. The SMILES string of the molecule is C[C@]12CC[C@H]3[C@]4(C=C[C@@]5(C=C4C(=O)c4ccccc4)CC(O)CC[C@]35C)[C@@H]1CC[C@@]2(O)CN1CCC[C@@H]1C(O)(c1ccccc1)c1ccccc1. The molecule has 0 amide bonds. The minimum absolute atomic E-state index is 0.0641. The molecule has 3 aromatic rings. The Morgan fingerprint density at radius 3 is 2.04 bits per heavy atom. The first-order chi connectivity index (χ1) is 24.5. The van der Waals surface area contributed by atoms with Crippen molar-refractivity contribution in [3.05, 3.63) is 131 Å². The van der Waals surface area contributed by atoms with Crippen molar-refractivity contribution < 1.29 is 20.1 Å². The van der Waals surface area contributed by atoms with Crippen molar-refractivity contribution in [2.24, 2.45) is 33.5 Å². The van der Waals surface area contributed by atoms with E-state index in [-0.39, 0.29) is 40.6 Å². The zero-order valence-corrected chi connectivity index (χ0v) is 30.2. The van der Waals surface area contributed by atoms with E-state index in [2.05, 4.69) is 37.0 Å². The lowest BCUT2D eigenvalue weighted by molar-refractivity contribution is -0.178. The van der Waals surface area contributed by atoms with Crippen LogP contribution in [0.3, 0.4) is 0 Å². The number of Topliss-reactive ketones (excluding diaryl/α,β-unsaturated/α-hetero) is 1. The highest BCUT2D eigenvalue weighted by Crippen LogP contribution is 2.78. The van der Waals surface area contributed by atoms with Crippen LogP contribution in [-0.4, -0.2) is 56.8 Å². The van der Waals surface area contributed by atoms with Gasteiger partial charge in [-0.25, -0.2) is 0 Å². The van der Waals surface area contributed by atoms with Crippen LogP contribution in [0.25, 0.3) is 0 Å². The van der Waals surface area contributed by atoms with Crippen LogP contribution in [0.5, 0.6) is 0 Å². The first-order valence-electron chi connectivity index (χ1n) is 19.5. The number of carbonyl (C=O) groups excluding carboxylic acids is 1. The van der Waals surface area contributed by atoms with Crippen molar-refractivity contribution in [2.45, 2.75) is 95.0 Å². The van der Waals surface area contributed by atoms with Crippen LogP contribution in [-0.2, 0) is 5.60 Å². The van der Waals surface area contributed by atoms with Crippen molar-refractivity contribution in [2.75, 3.05) is 13.1 Å². The molecule has 10 rings (SSSR count). The van der Waals surface area contributed by atoms with Crippen LogP contribution in [0.1, 0.15) is 93.1 Å². The highest BCUT2D eigenvalue weighted by atomic mass is 16.3. The van der Waals surface area contributed by atoms with Crippen molar-refractivity contribution in [3.63, 3.8) is 0 Å². The predicted octanol–water partition coefficient (Wildman–Crippen LogP) is 7.86. The number of nitrogens with zero attached hydrogens (tertiary/aromatic N) is 1. The third-order valence-corrected chi connectivity index (χ3v) is 15.7. The van der Waals surface area contributed by atoms with Crippen molar-refractivity contribution >= 4 is 5.78 Å². The van der Waals surface area contributed by atoms with E-state index in [0.29, 0.717) is 24.9 Å². The van der Waals surface area contributed by atoms with Gasteiger partial charge >= 0.3 is 0 Å². The lowest BCUT2D eigenvalue weighted by Gasteiger charge is -2.71. The van der Waals surface area contributed by atoms with Gasteiger partial charge in [0.15, 0.2) is 5.78 Å². The molecule has 2 spiro atoms. The number of rotatable bonds is 7. The number of benzene rings is 3. The third-order valence-electron chi connectivity index (χ3n) is 15.7. The van der Waals surface area contributed by atoms with Gasteiger partial charge in [-0.05, 0) is 92.7 Å². The zero-order valence-electron chi connectivity index (χ0n) is 30.2. The molecule has 4 fully saturated rings. The van der Waals surface area contributed by atoms with Crippen LogP contribution >= 0.6 is 0 Å². The number of hydrogen-bond donors (Lipinski definition) is 3. The number of β-amino-alcohol motifs (C(OH)–C–C–N with tert-alkyl or cyclic N) is 1. The molecular weight excluding hydrogens is 631 g/mol. The van der Waals surface area contributed by atoms with Crippen LogP contribution < -0.4 is 0 Å². The molecule has 266 valence electrons. The Hall–Kier alpha value is -3.35. The molecule has 5 heteroatoms. The van der Waals surface area contributed by atoms with Gasteiger partial charge in [-0.3, -0.25) is 9.69 Å². The molecule has 1 heterocycles. The van der Waals surface area contributed by atoms with Crippen molar-refractivity contribution in [3.8, 4) is 0 Å². The van der Waals surface area contributed by atoms with E-state index >= 15 is 0 Å². The monoisotopic (exact) mass is 683 g/mol. The van der Waals surface area contributed by atoms with E-state index in [1.807, 2.05) is 91.0 Å². The van der Waals surface area contributed by atoms with Gasteiger partial charge < -0.3 is 15.3 Å². The predicted molar refractivity (Wildman–Crippen MR) is 200 cm³/mol. The van der Waals surface area contributed by atoms with Crippen molar-refractivity contribution in [1.82, 2.24) is 4.90 Å². The highest BCUT2D eigenvalue weighted by Gasteiger charge is 2.74. The minimum Gasteiger partial charge on any atom is -0.393 e. The molecule has 0 radical (unpaired) electrons. The Labute approximate surface area is 303 Å². The van der Waals surface area contributed by atoms with Gasteiger partial charge in [0.1, 0.15) is 5.60 Å². The summed E-state index contributed by atoms with van der Waals surface area (Å²) in [5, 5.41) is 37.1. The summed E-state index contributed by atoms with van der Waals surface area (Å²) in [5.41, 5.74) is -0.156. The lowest BCUT2D eigenvalue weighted by Crippen LogP contribution is -2.67. The molecular formula is C46H53NO4. The molecule has 2 bridgehead atoms. The summed E-state index contributed by atoms with van der Waals surface area (Å²) in [5.74, 6) is 0.451. The molecule has 1 unspecified atom stereocenters. The van der Waals surface area contributed by atoms with E-state index in [4.69, 9.17) is 0 Å².